The van der Waals surface area contributed by atoms with Gasteiger partial charge in [-0.3, -0.25) is 9.36 Å². The number of thiophene rings is 1. The minimum absolute atomic E-state index is 0.00129. The van der Waals surface area contributed by atoms with Gasteiger partial charge in [0.2, 0.25) is 0 Å². The molecule has 0 aromatic carbocycles. The van der Waals surface area contributed by atoms with Crippen LogP contribution in [0.1, 0.15) is 36.8 Å². The van der Waals surface area contributed by atoms with Crippen molar-refractivity contribution in [2.24, 2.45) is 5.92 Å². The predicted octanol–water partition coefficient (Wildman–Crippen LogP) is 2.14. The maximum Gasteiger partial charge on any atom is 0.262 e. The van der Waals surface area contributed by atoms with Crippen molar-refractivity contribution in [3.8, 4) is 0 Å². The van der Waals surface area contributed by atoms with Crippen LogP contribution < -0.4 is 5.56 Å². The summed E-state index contributed by atoms with van der Waals surface area (Å²) < 4.78 is 1.55. The summed E-state index contributed by atoms with van der Waals surface area (Å²) in [5, 5.41) is 10.0. The highest BCUT2D eigenvalue weighted by Gasteiger charge is 2.23. The van der Waals surface area contributed by atoms with Gasteiger partial charge in [0.05, 0.1) is 24.4 Å². The summed E-state index contributed by atoms with van der Waals surface area (Å²) in [7, 11) is 0. The second-order valence-corrected chi connectivity index (χ2v) is 6.60. The van der Waals surface area contributed by atoms with E-state index in [1.807, 2.05) is 6.92 Å². The third-order valence-corrected chi connectivity index (χ3v) is 5.14. The molecule has 2 aromatic heterocycles. The van der Waals surface area contributed by atoms with E-state index in [1.165, 1.54) is 10.4 Å². The van der Waals surface area contributed by atoms with E-state index in [2.05, 4.69) is 11.9 Å². The molecule has 5 heteroatoms. The van der Waals surface area contributed by atoms with Crippen LogP contribution in [-0.4, -0.2) is 21.3 Å². The van der Waals surface area contributed by atoms with Crippen LogP contribution in [0.4, 0.5) is 0 Å². The van der Waals surface area contributed by atoms with Crippen molar-refractivity contribution in [3.05, 3.63) is 27.1 Å². The van der Waals surface area contributed by atoms with Gasteiger partial charge in [-0.2, -0.15) is 0 Å². The molecule has 0 aliphatic heterocycles. The first kappa shape index (κ1) is 12.8. The van der Waals surface area contributed by atoms with Crippen molar-refractivity contribution < 1.29 is 5.11 Å². The molecule has 19 heavy (non-hydrogen) atoms. The molecule has 4 nitrogen and oxygen atoms in total. The fraction of sp³-hybridized carbons (Fsp3) is 0.571. The first-order valence-electron chi connectivity index (χ1n) is 6.74. The molecule has 1 aliphatic rings. The van der Waals surface area contributed by atoms with E-state index in [0.717, 1.165) is 29.5 Å². The Morgan fingerprint density at radius 1 is 1.63 bits per heavy atom. The number of aliphatic hydroxyl groups is 1. The van der Waals surface area contributed by atoms with Gasteiger partial charge in [-0.1, -0.05) is 6.92 Å². The Hall–Kier alpha value is -1.20. The molecule has 102 valence electrons. The summed E-state index contributed by atoms with van der Waals surface area (Å²) >= 11 is 1.66. The summed E-state index contributed by atoms with van der Waals surface area (Å²) in [6.45, 7) is 4.04. The van der Waals surface area contributed by atoms with Crippen molar-refractivity contribution in [3.63, 3.8) is 0 Å². The highest BCUT2D eigenvalue weighted by molar-refractivity contribution is 7.18. The van der Waals surface area contributed by atoms with E-state index in [1.54, 1.807) is 22.2 Å². The van der Waals surface area contributed by atoms with Gasteiger partial charge in [-0.25, -0.2) is 4.98 Å². The van der Waals surface area contributed by atoms with Gasteiger partial charge in [0.15, 0.2) is 0 Å². The van der Waals surface area contributed by atoms with Crippen molar-refractivity contribution in [1.29, 1.82) is 0 Å². The summed E-state index contributed by atoms with van der Waals surface area (Å²) in [4.78, 5) is 19.2. The fourth-order valence-corrected chi connectivity index (χ4v) is 4.09. The molecule has 0 spiro atoms. The van der Waals surface area contributed by atoms with Crippen LogP contribution >= 0.6 is 11.3 Å². The summed E-state index contributed by atoms with van der Waals surface area (Å²) in [5.74, 6) is 0.694. The average molecular weight is 278 g/mol. The molecule has 0 radical (unpaired) electrons. The Morgan fingerprint density at radius 3 is 3.16 bits per heavy atom. The molecular formula is C14H18N2O2S. The second kappa shape index (κ2) is 4.72. The lowest BCUT2D eigenvalue weighted by Crippen LogP contribution is -2.26. The molecule has 2 atom stereocenters. The minimum atomic E-state index is -0.220. The van der Waals surface area contributed by atoms with Gasteiger partial charge < -0.3 is 5.11 Å². The number of aliphatic hydroxyl groups excluding tert-OH is 1. The van der Waals surface area contributed by atoms with Crippen LogP contribution in [0.5, 0.6) is 0 Å². The normalized spacial score (nSPS) is 20.5. The molecule has 1 aliphatic carbocycles. The number of rotatable bonds is 2. The minimum Gasteiger partial charge on any atom is -0.394 e. The van der Waals surface area contributed by atoms with E-state index < -0.39 is 0 Å². The van der Waals surface area contributed by atoms with Gasteiger partial charge in [-0.05, 0) is 37.7 Å². The van der Waals surface area contributed by atoms with Crippen LogP contribution in [0.2, 0.25) is 0 Å². The molecule has 2 aromatic rings. The number of nitrogens with zero attached hydrogens (tertiary/aromatic N) is 2. The van der Waals surface area contributed by atoms with Gasteiger partial charge in [0.1, 0.15) is 4.83 Å². The fourth-order valence-electron chi connectivity index (χ4n) is 2.75. The number of aryl methyl sites for hydroxylation is 1. The Balaban J connectivity index is 2.23. The maximum absolute atomic E-state index is 12.6. The summed E-state index contributed by atoms with van der Waals surface area (Å²) in [5.41, 5.74) is 1.20. The predicted molar refractivity (Wildman–Crippen MR) is 76.9 cm³/mol. The molecule has 0 unspecified atom stereocenters. The third-order valence-electron chi connectivity index (χ3n) is 3.98. The number of aromatic nitrogens is 2. The maximum atomic E-state index is 12.6. The summed E-state index contributed by atoms with van der Waals surface area (Å²) in [6.07, 6.45) is 4.75. The highest BCUT2D eigenvalue weighted by Crippen LogP contribution is 2.35. The van der Waals surface area contributed by atoms with Gasteiger partial charge in [-0.15, -0.1) is 11.3 Å². The molecule has 2 heterocycles. The first-order valence-corrected chi connectivity index (χ1v) is 7.55. The first-order chi connectivity index (χ1) is 9.11. The molecule has 0 fully saturated rings. The zero-order chi connectivity index (χ0) is 13.6. The van der Waals surface area contributed by atoms with Gasteiger partial charge in [0, 0.05) is 4.88 Å². The number of hydrogen-bond donors (Lipinski definition) is 1. The van der Waals surface area contributed by atoms with Crippen molar-refractivity contribution in [2.45, 2.75) is 39.2 Å². The Kier molecular flexibility index (Phi) is 3.19. The van der Waals surface area contributed by atoms with Crippen LogP contribution in [0.25, 0.3) is 10.2 Å². The van der Waals surface area contributed by atoms with Crippen LogP contribution in [0.3, 0.4) is 0 Å². The molecular weight excluding hydrogens is 260 g/mol. The standard InChI is InChI=1S/C14H18N2O2S/c1-8-3-4-10-11(5-8)19-13-12(10)14(18)16(7-15-13)9(2)6-17/h7-9,17H,3-6H2,1-2H3/t8-,9+/m1/s1. The van der Waals surface area contributed by atoms with Crippen molar-refractivity contribution in [2.75, 3.05) is 6.61 Å². The average Bonchev–Trinajstić information content (AvgIpc) is 2.76. The molecule has 0 saturated heterocycles. The summed E-state index contributed by atoms with van der Waals surface area (Å²) in [6, 6.07) is -0.220. The Labute approximate surface area is 115 Å². The van der Waals surface area contributed by atoms with Crippen LogP contribution in [0, 0.1) is 5.92 Å². The van der Waals surface area contributed by atoms with E-state index in [-0.39, 0.29) is 18.2 Å². The topological polar surface area (TPSA) is 55.1 Å². The zero-order valence-electron chi connectivity index (χ0n) is 11.2. The number of fused-ring (bicyclic) bond motifs is 3. The Bertz CT molecular complexity index is 674. The molecule has 1 N–H and O–H groups in total. The highest BCUT2D eigenvalue weighted by atomic mass is 32.1. The van der Waals surface area contributed by atoms with Crippen molar-refractivity contribution >= 4 is 21.6 Å². The van der Waals surface area contributed by atoms with E-state index >= 15 is 0 Å². The van der Waals surface area contributed by atoms with E-state index in [4.69, 9.17) is 0 Å². The van der Waals surface area contributed by atoms with Crippen LogP contribution in [-0.2, 0) is 12.8 Å². The van der Waals surface area contributed by atoms with Crippen molar-refractivity contribution in [1.82, 2.24) is 9.55 Å². The Morgan fingerprint density at radius 2 is 2.42 bits per heavy atom. The van der Waals surface area contributed by atoms with E-state index in [0.29, 0.717) is 5.92 Å². The molecule has 3 rings (SSSR count). The molecule has 0 saturated carbocycles. The quantitative estimate of drug-likeness (QED) is 0.915. The van der Waals surface area contributed by atoms with E-state index in [9.17, 15) is 9.90 Å². The largest absolute Gasteiger partial charge is 0.394 e. The second-order valence-electron chi connectivity index (χ2n) is 5.52. The smallest absolute Gasteiger partial charge is 0.262 e. The lowest BCUT2D eigenvalue weighted by atomic mass is 9.89. The SMILES string of the molecule is C[C@@H]1CCc2c(sc3ncn([C@@H](C)CO)c(=O)c23)C1. The molecule has 0 amide bonds. The zero-order valence-corrected chi connectivity index (χ0v) is 12.0. The van der Waals surface area contributed by atoms with Gasteiger partial charge in [0.25, 0.3) is 5.56 Å². The third kappa shape index (κ3) is 2.01. The molecule has 0 bridgehead atoms. The number of hydrogen-bond acceptors (Lipinski definition) is 4. The monoisotopic (exact) mass is 278 g/mol. The van der Waals surface area contributed by atoms with Gasteiger partial charge >= 0.3 is 0 Å². The lowest BCUT2D eigenvalue weighted by molar-refractivity contribution is 0.236. The van der Waals surface area contributed by atoms with Crippen LogP contribution in [0.15, 0.2) is 11.1 Å². The lowest BCUT2D eigenvalue weighted by Gasteiger charge is -2.17.